The number of carbonyl (C=O) groups is 1. The molecule has 0 aromatic heterocycles. The number of hydrogen-bond donors (Lipinski definition) is 0. The third kappa shape index (κ3) is 8.62. The Morgan fingerprint density at radius 3 is 2.17 bits per heavy atom. The molecule has 5 rings (SSSR count). The van der Waals surface area contributed by atoms with Gasteiger partial charge in [-0.15, -0.1) is 0 Å². The maximum absolute atomic E-state index is 14.5. The van der Waals surface area contributed by atoms with Gasteiger partial charge in [-0.25, -0.2) is 4.39 Å². The molecule has 11 heteroatoms. The van der Waals surface area contributed by atoms with Crippen LogP contribution in [0, 0.1) is 11.2 Å². The van der Waals surface area contributed by atoms with Crippen molar-refractivity contribution in [3.8, 4) is 46.0 Å². The molecule has 3 aromatic rings. The predicted molar refractivity (Wildman–Crippen MR) is 183 cm³/mol. The molecule has 0 N–H and O–H groups in total. The SMILES string of the molecule is CCCC(C)(C)COc1ccc(Oc2cc(OC)c(OC)c(OC)c2)c(F)c1.CCOc1cc2c(cc1OC)C(=O)N1CCCC1C=N2. The Hall–Kier alpha value is -4.67. The smallest absolute Gasteiger partial charge is 0.256 e. The highest BCUT2D eigenvalue weighted by molar-refractivity contribution is 6.03. The van der Waals surface area contributed by atoms with Crippen LogP contribution in [0.25, 0.3) is 0 Å². The van der Waals surface area contributed by atoms with Crippen molar-refractivity contribution in [2.45, 2.75) is 59.4 Å². The van der Waals surface area contributed by atoms with Gasteiger partial charge in [0.1, 0.15) is 11.5 Å². The number of ether oxygens (including phenoxy) is 7. The number of carbonyl (C=O) groups excluding carboxylic acids is 1. The van der Waals surface area contributed by atoms with Crippen molar-refractivity contribution in [3.05, 3.63) is 53.8 Å². The van der Waals surface area contributed by atoms with Crippen LogP contribution in [0.15, 0.2) is 47.5 Å². The molecule has 2 aliphatic rings. The summed E-state index contributed by atoms with van der Waals surface area (Å²) >= 11 is 0. The number of benzene rings is 3. The van der Waals surface area contributed by atoms with Crippen molar-refractivity contribution in [1.82, 2.24) is 4.90 Å². The summed E-state index contributed by atoms with van der Waals surface area (Å²) in [5.74, 6) is 2.93. The molecule has 2 heterocycles. The van der Waals surface area contributed by atoms with E-state index in [0.29, 0.717) is 64.7 Å². The largest absolute Gasteiger partial charge is 0.493 e. The van der Waals surface area contributed by atoms with Crippen molar-refractivity contribution in [2.24, 2.45) is 10.4 Å². The van der Waals surface area contributed by atoms with E-state index in [1.165, 1.54) is 27.4 Å². The molecule has 1 atom stereocenters. The van der Waals surface area contributed by atoms with Crippen LogP contribution < -0.4 is 33.2 Å². The molecule has 1 unspecified atom stereocenters. The number of amides is 1. The van der Waals surface area contributed by atoms with Gasteiger partial charge < -0.3 is 38.1 Å². The third-order valence-corrected chi connectivity index (χ3v) is 8.08. The maximum atomic E-state index is 14.5. The minimum atomic E-state index is -0.514. The van der Waals surface area contributed by atoms with Crippen molar-refractivity contribution in [1.29, 1.82) is 0 Å². The Kier molecular flexibility index (Phi) is 12.4. The second-order valence-electron chi connectivity index (χ2n) is 12.2. The summed E-state index contributed by atoms with van der Waals surface area (Å²) in [7, 11) is 6.11. The van der Waals surface area contributed by atoms with E-state index in [2.05, 4.69) is 25.8 Å². The van der Waals surface area contributed by atoms with Crippen molar-refractivity contribution in [3.63, 3.8) is 0 Å². The zero-order chi connectivity index (χ0) is 34.8. The first-order chi connectivity index (χ1) is 23.1. The fourth-order valence-electron chi connectivity index (χ4n) is 5.70. The van der Waals surface area contributed by atoms with Gasteiger partial charge >= 0.3 is 0 Å². The number of halogens is 1. The molecule has 1 amide bonds. The molecule has 0 aliphatic carbocycles. The summed E-state index contributed by atoms with van der Waals surface area (Å²) in [4.78, 5) is 19.0. The van der Waals surface area contributed by atoms with E-state index in [0.717, 1.165) is 32.2 Å². The van der Waals surface area contributed by atoms with Gasteiger partial charge in [0, 0.05) is 37.0 Å². The lowest BCUT2D eigenvalue weighted by molar-refractivity contribution is 0.0774. The van der Waals surface area contributed by atoms with Gasteiger partial charge in [0.25, 0.3) is 5.91 Å². The summed E-state index contributed by atoms with van der Waals surface area (Å²) in [6.45, 7) is 10.2. The minimum Gasteiger partial charge on any atom is -0.493 e. The number of methoxy groups -OCH3 is 4. The van der Waals surface area contributed by atoms with E-state index < -0.39 is 5.82 Å². The fraction of sp³-hybridized carbons (Fsp3) is 0.459. The minimum absolute atomic E-state index is 0.0290. The predicted octanol–water partition coefficient (Wildman–Crippen LogP) is 8.26. The highest BCUT2D eigenvalue weighted by Crippen LogP contribution is 2.42. The van der Waals surface area contributed by atoms with Crippen LogP contribution >= 0.6 is 0 Å². The average molecular weight is 667 g/mol. The summed E-state index contributed by atoms with van der Waals surface area (Å²) in [6.07, 6.45) is 6.01. The first-order valence-electron chi connectivity index (χ1n) is 16.2. The van der Waals surface area contributed by atoms with E-state index >= 15 is 0 Å². The molecule has 0 saturated carbocycles. The van der Waals surface area contributed by atoms with Crippen LogP contribution in [-0.4, -0.2) is 71.3 Å². The van der Waals surface area contributed by atoms with Crippen LogP contribution in [0.5, 0.6) is 46.0 Å². The number of aliphatic imine (C=N–C) groups is 1. The van der Waals surface area contributed by atoms with E-state index in [9.17, 15) is 9.18 Å². The Balaban J connectivity index is 0.000000228. The van der Waals surface area contributed by atoms with Crippen LogP contribution in [0.1, 0.15) is 63.7 Å². The van der Waals surface area contributed by atoms with E-state index in [-0.39, 0.29) is 23.1 Å². The quantitative estimate of drug-likeness (QED) is 0.180. The number of rotatable bonds is 13. The van der Waals surface area contributed by atoms with Crippen LogP contribution in [0.3, 0.4) is 0 Å². The summed E-state index contributed by atoms with van der Waals surface area (Å²) in [5.41, 5.74) is 1.29. The molecule has 48 heavy (non-hydrogen) atoms. The molecule has 0 radical (unpaired) electrons. The molecular weight excluding hydrogens is 619 g/mol. The lowest BCUT2D eigenvalue weighted by Gasteiger charge is -2.24. The van der Waals surface area contributed by atoms with Gasteiger partial charge in [0.2, 0.25) is 5.75 Å². The molecule has 3 aromatic carbocycles. The second-order valence-corrected chi connectivity index (χ2v) is 12.2. The molecule has 0 bridgehead atoms. The third-order valence-electron chi connectivity index (χ3n) is 8.08. The molecule has 1 saturated heterocycles. The Bertz CT molecular complexity index is 1570. The monoisotopic (exact) mass is 666 g/mol. The van der Waals surface area contributed by atoms with Crippen LogP contribution in [-0.2, 0) is 0 Å². The maximum Gasteiger partial charge on any atom is 0.256 e. The molecular formula is C37H47FN2O8. The Labute approximate surface area is 282 Å². The van der Waals surface area contributed by atoms with E-state index in [4.69, 9.17) is 33.2 Å². The van der Waals surface area contributed by atoms with Gasteiger partial charge in [0.15, 0.2) is 34.6 Å². The summed E-state index contributed by atoms with van der Waals surface area (Å²) in [6, 6.07) is 11.4. The zero-order valence-corrected chi connectivity index (χ0v) is 29.2. The first kappa shape index (κ1) is 36.2. The lowest BCUT2D eigenvalue weighted by Crippen LogP contribution is -2.35. The van der Waals surface area contributed by atoms with Gasteiger partial charge in [0.05, 0.1) is 58.9 Å². The lowest BCUT2D eigenvalue weighted by atomic mass is 9.89. The second kappa shape index (κ2) is 16.4. The standard InChI is InChI=1S/C22H29FO5.C15H18N2O3/c1-7-10-22(2,3)14-27-15-8-9-18(17(23)11-15)28-16-12-19(24-4)21(26-6)20(13-16)25-5;1-3-20-14-8-12-11(7-13(14)19-2)15(18)17-6-4-5-10(17)9-16-12/h8-9,11-13H,7,10,14H2,1-6H3;7-10H,3-6H2,1-2H3. The van der Waals surface area contributed by atoms with Crippen molar-refractivity contribution < 1.29 is 42.3 Å². The zero-order valence-electron chi connectivity index (χ0n) is 29.2. The first-order valence-corrected chi connectivity index (χ1v) is 16.2. The van der Waals surface area contributed by atoms with Crippen molar-refractivity contribution >= 4 is 17.8 Å². The molecule has 10 nitrogen and oxygen atoms in total. The topological polar surface area (TPSA) is 97.3 Å². The molecule has 1 fully saturated rings. The highest BCUT2D eigenvalue weighted by Gasteiger charge is 2.32. The number of fused-ring (bicyclic) bond motifs is 2. The Morgan fingerprint density at radius 2 is 1.56 bits per heavy atom. The molecule has 260 valence electrons. The highest BCUT2D eigenvalue weighted by atomic mass is 19.1. The van der Waals surface area contributed by atoms with E-state index in [1.807, 2.05) is 18.0 Å². The number of nitrogens with zero attached hydrogens (tertiary/aromatic N) is 2. The normalized spacial score (nSPS) is 15.0. The Morgan fingerprint density at radius 1 is 0.854 bits per heavy atom. The van der Waals surface area contributed by atoms with Gasteiger partial charge in [-0.1, -0.05) is 27.2 Å². The van der Waals surface area contributed by atoms with Crippen LogP contribution in [0.4, 0.5) is 10.1 Å². The van der Waals surface area contributed by atoms with Crippen LogP contribution in [0.2, 0.25) is 0 Å². The summed E-state index contributed by atoms with van der Waals surface area (Å²) in [5, 5.41) is 0. The molecule has 2 aliphatic heterocycles. The summed E-state index contributed by atoms with van der Waals surface area (Å²) < 4.78 is 52.7. The van der Waals surface area contributed by atoms with Gasteiger partial charge in [-0.05, 0) is 49.8 Å². The molecule has 0 spiro atoms. The van der Waals surface area contributed by atoms with E-state index in [1.54, 1.807) is 43.5 Å². The van der Waals surface area contributed by atoms with Gasteiger partial charge in [-0.3, -0.25) is 9.79 Å². The van der Waals surface area contributed by atoms with Crippen molar-refractivity contribution in [2.75, 3.05) is 48.2 Å². The fourth-order valence-corrected chi connectivity index (χ4v) is 5.70. The number of hydrogen-bond acceptors (Lipinski definition) is 9. The van der Waals surface area contributed by atoms with Gasteiger partial charge in [-0.2, -0.15) is 0 Å². The average Bonchev–Trinajstić information content (AvgIpc) is 3.51.